The van der Waals surface area contributed by atoms with Crippen LogP contribution in [0, 0.1) is 5.41 Å². The number of nitrogens with one attached hydrogen (secondary N) is 1. The molecule has 1 aliphatic carbocycles. The van der Waals surface area contributed by atoms with Crippen LogP contribution in [0.4, 0.5) is 0 Å². The summed E-state index contributed by atoms with van der Waals surface area (Å²) in [5.74, 6) is 0.712. The van der Waals surface area contributed by atoms with Crippen molar-refractivity contribution in [2.24, 2.45) is 5.41 Å². The van der Waals surface area contributed by atoms with Crippen molar-refractivity contribution in [2.45, 2.75) is 50.6 Å². The SMILES string of the molecule is CC(C)Oc1ccc(C(C)NC(=O)C2(C)CC2(Cl)Cl)cc1. The number of carbonyl (C=O) groups excluding carboxylic acids is 1. The second kappa shape index (κ2) is 5.69. The molecule has 1 N–H and O–H groups in total. The van der Waals surface area contributed by atoms with E-state index < -0.39 is 9.75 Å². The molecule has 2 rings (SSSR count). The van der Waals surface area contributed by atoms with Gasteiger partial charge in [-0.15, -0.1) is 23.2 Å². The maximum atomic E-state index is 12.2. The summed E-state index contributed by atoms with van der Waals surface area (Å²) < 4.78 is 4.66. The number of halogens is 2. The highest BCUT2D eigenvalue weighted by Gasteiger charge is 2.67. The van der Waals surface area contributed by atoms with Gasteiger partial charge in [-0.3, -0.25) is 4.79 Å². The molecule has 2 atom stereocenters. The van der Waals surface area contributed by atoms with E-state index in [9.17, 15) is 4.79 Å². The fourth-order valence-electron chi connectivity index (χ4n) is 2.19. The summed E-state index contributed by atoms with van der Waals surface area (Å²) in [6.07, 6.45) is 0.631. The van der Waals surface area contributed by atoms with Gasteiger partial charge in [0.05, 0.1) is 17.6 Å². The van der Waals surface area contributed by atoms with Crippen LogP contribution in [0.2, 0.25) is 0 Å². The first kappa shape index (κ1) is 16.4. The van der Waals surface area contributed by atoms with Crippen molar-refractivity contribution in [1.29, 1.82) is 0 Å². The third kappa shape index (κ3) is 3.46. The first-order chi connectivity index (χ1) is 9.65. The van der Waals surface area contributed by atoms with Crippen LogP contribution in [-0.4, -0.2) is 16.3 Å². The predicted molar refractivity (Wildman–Crippen MR) is 85.9 cm³/mol. The topological polar surface area (TPSA) is 38.3 Å². The van der Waals surface area contributed by atoms with Crippen molar-refractivity contribution in [3.63, 3.8) is 0 Å². The summed E-state index contributed by atoms with van der Waals surface area (Å²) in [6.45, 7) is 7.69. The van der Waals surface area contributed by atoms with E-state index in [-0.39, 0.29) is 18.1 Å². The minimum Gasteiger partial charge on any atom is -0.491 e. The molecule has 21 heavy (non-hydrogen) atoms. The second-order valence-electron chi connectivity index (χ2n) is 6.14. The fraction of sp³-hybridized carbons (Fsp3) is 0.562. The highest BCUT2D eigenvalue weighted by atomic mass is 35.5. The summed E-state index contributed by atoms with van der Waals surface area (Å²) >= 11 is 12.1. The summed E-state index contributed by atoms with van der Waals surface area (Å²) in [5, 5.41) is 2.97. The van der Waals surface area contributed by atoms with Gasteiger partial charge in [-0.25, -0.2) is 0 Å². The number of alkyl halides is 2. The van der Waals surface area contributed by atoms with Crippen LogP contribution in [-0.2, 0) is 4.79 Å². The molecule has 1 aromatic carbocycles. The van der Waals surface area contributed by atoms with E-state index in [2.05, 4.69) is 5.32 Å². The lowest BCUT2D eigenvalue weighted by atomic mass is 10.1. The maximum absolute atomic E-state index is 12.2. The number of rotatable bonds is 5. The van der Waals surface area contributed by atoms with Crippen LogP contribution >= 0.6 is 23.2 Å². The maximum Gasteiger partial charge on any atom is 0.229 e. The van der Waals surface area contributed by atoms with Crippen LogP contribution in [0.15, 0.2) is 24.3 Å². The highest BCUT2D eigenvalue weighted by Crippen LogP contribution is 2.63. The summed E-state index contributed by atoms with van der Waals surface area (Å²) in [6, 6.07) is 7.61. The van der Waals surface area contributed by atoms with Crippen LogP contribution in [0.5, 0.6) is 5.75 Å². The van der Waals surface area contributed by atoms with Crippen LogP contribution in [0.25, 0.3) is 0 Å². The number of carbonyl (C=O) groups is 1. The molecule has 3 nitrogen and oxygen atoms in total. The molecular weight excluding hydrogens is 309 g/mol. The van der Waals surface area contributed by atoms with Gasteiger partial charge in [-0.2, -0.15) is 0 Å². The van der Waals surface area contributed by atoms with E-state index in [0.29, 0.717) is 6.42 Å². The van der Waals surface area contributed by atoms with E-state index in [4.69, 9.17) is 27.9 Å². The Morgan fingerprint density at radius 3 is 2.19 bits per heavy atom. The van der Waals surface area contributed by atoms with Crippen molar-refractivity contribution in [2.75, 3.05) is 0 Å². The van der Waals surface area contributed by atoms with Gasteiger partial charge in [0, 0.05) is 0 Å². The van der Waals surface area contributed by atoms with Crippen LogP contribution in [0.1, 0.15) is 45.7 Å². The van der Waals surface area contributed by atoms with Crippen LogP contribution < -0.4 is 10.1 Å². The van der Waals surface area contributed by atoms with Gasteiger partial charge in [0.25, 0.3) is 0 Å². The zero-order valence-corrected chi connectivity index (χ0v) is 14.3. The normalized spacial score (nSPS) is 24.5. The second-order valence-corrected chi connectivity index (χ2v) is 7.63. The number of amides is 1. The number of hydrogen-bond donors (Lipinski definition) is 1. The van der Waals surface area contributed by atoms with Crippen molar-refractivity contribution in [3.05, 3.63) is 29.8 Å². The Balaban J connectivity index is 1.98. The monoisotopic (exact) mass is 329 g/mol. The molecule has 1 amide bonds. The largest absolute Gasteiger partial charge is 0.491 e. The molecule has 1 aliphatic rings. The van der Waals surface area contributed by atoms with Crippen molar-refractivity contribution < 1.29 is 9.53 Å². The highest BCUT2D eigenvalue weighted by molar-refractivity contribution is 6.53. The molecule has 116 valence electrons. The van der Waals surface area contributed by atoms with E-state index in [1.165, 1.54) is 0 Å². The average molecular weight is 330 g/mol. The van der Waals surface area contributed by atoms with Gasteiger partial charge in [-0.1, -0.05) is 12.1 Å². The van der Waals surface area contributed by atoms with Gasteiger partial charge in [-0.05, 0) is 51.8 Å². The summed E-state index contributed by atoms with van der Waals surface area (Å²) in [4.78, 5) is 12.2. The Labute approximate surface area is 136 Å². The number of hydrogen-bond acceptors (Lipinski definition) is 2. The molecule has 5 heteroatoms. The molecule has 0 heterocycles. The van der Waals surface area contributed by atoms with Crippen molar-refractivity contribution in [3.8, 4) is 5.75 Å². The lowest BCUT2D eigenvalue weighted by molar-refractivity contribution is -0.126. The van der Waals surface area contributed by atoms with E-state index >= 15 is 0 Å². The van der Waals surface area contributed by atoms with E-state index in [0.717, 1.165) is 11.3 Å². The zero-order valence-electron chi connectivity index (χ0n) is 12.7. The molecule has 1 saturated carbocycles. The molecular formula is C16H21Cl2NO2. The quantitative estimate of drug-likeness (QED) is 0.820. The molecule has 2 unspecified atom stereocenters. The van der Waals surface area contributed by atoms with E-state index in [1.54, 1.807) is 6.92 Å². The number of benzene rings is 1. The average Bonchev–Trinajstić information content (AvgIpc) is 2.90. The Morgan fingerprint density at radius 1 is 1.24 bits per heavy atom. The summed E-state index contributed by atoms with van der Waals surface area (Å²) in [7, 11) is 0. The standard InChI is InChI=1S/C16H21Cl2NO2/c1-10(2)21-13-7-5-12(6-8-13)11(3)19-14(20)15(4)9-16(15,17)18/h5-8,10-11H,9H2,1-4H3,(H,19,20). The minimum absolute atomic E-state index is 0.104. The summed E-state index contributed by atoms with van der Waals surface area (Å²) in [5.41, 5.74) is 0.323. The molecule has 1 aromatic rings. The lowest BCUT2D eigenvalue weighted by Gasteiger charge is -2.19. The zero-order chi connectivity index (χ0) is 15.8. The van der Waals surface area contributed by atoms with Crippen molar-refractivity contribution in [1.82, 2.24) is 5.32 Å². The fourth-order valence-corrected chi connectivity index (χ4v) is 2.90. The third-order valence-corrected chi connectivity index (χ3v) is 4.96. The third-order valence-electron chi connectivity index (χ3n) is 3.86. The first-order valence-electron chi connectivity index (χ1n) is 7.11. The predicted octanol–water partition coefficient (Wildman–Crippen LogP) is 4.23. The van der Waals surface area contributed by atoms with Gasteiger partial charge in [0.1, 0.15) is 10.1 Å². The van der Waals surface area contributed by atoms with Crippen molar-refractivity contribution >= 4 is 29.1 Å². The Kier molecular flexibility index (Phi) is 4.46. The Hall–Kier alpha value is -0.930. The van der Waals surface area contributed by atoms with Gasteiger partial charge < -0.3 is 10.1 Å². The molecule has 0 spiro atoms. The van der Waals surface area contributed by atoms with Gasteiger partial charge in [0.15, 0.2) is 0 Å². The Morgan fingerprint density at radius 2 is 1.76 bits per heavy atom. The van der Waals surface area contributed by atoms with E-state index in [1.807, 2.05) is 45.0 Å². The first-order valence-corrected chi connectivity index (χ1v) is 7.87. The van der Waals surface area contributed by atoms with Crippen LogP contribution in [0.3, 0.4) is 0 Å². The molecule has 0 aliphatic heterocycles. The smallest absolute Gasteiger partial charge is 0.229 e. The van der Waals surface area contributed by atoms with Gasteiger partial charge in [0.2, 0.25) is 5.91 Å². The van der Waals surface area contributed by atoms with Gasteiger partial charge >= 0.3 is 0 Å². The molecule has 0 radical (unpaired) electrons. The molecule has 0 aromatic heterocycles. The molecule has 0 saturated heterocycles. The number of ether oxygens (including phenoxy) is 1. The molecule has 1 fully saturated rings. The lowest BCUT2D eigenvalue weighted by Crippen LogP contribution is -2.35. The Bertz CT molecular complexity index is 528. The molecule has 0 bridgehead atoms. The minimum atomic E-state index is -0.939.